The van der Waals surface area contributed by atoms with Gasteiger partial charge in [-0.25, -0.2) is 0 Å². The summed E-state index contributed by atoms with van der Waals surface area (Å²) < 4.78 is 35.4. The molecule has 1 N–H and O–H groups in total. The van der Waals surface area contributed by atoms with Gasteiger partial charge in [0.2, 0.25) is 0 Å². The Morgan fingerprint density at radius 3 is 2.60 bits per heavy atom. The average Bonchev–Trinajstić information content (AvgIpc) is 2.49. The SMILES string of the molecule is CN1CCC(NCCCCC(F)(F)F)C1. The van der Waals surface area contributed by atoms with E-state index in [0.29, 0.717) is 19.0 Å². The molecule has 90 valence electrons. The largest absolute Gasteiger partial charge is 0.389 e. The predicted octanol–water partition coefficient (Wildman–Crippen LogP) is 2.01. The summed E-state index contributed by atoms with van der Waals surface area (Å²) in [6.07, 6.45) is -2.69. The molecule has 0 saturated carbocycles. The molecule has 1 atom stereocenters. The first-order valence-corrected chi connectivity index (χ1v) is 5.46. The minimum absolute atomic E-state index is 0.235. The number of alkyl halides is 3. The van der Waals surface area contributed by atoms with E-state index in [1.807, 2.05) is 0 Å². The fourth-order valence-electron chi connectivity index (χ4n) is 1.86. The number of hydrogen-bond acceptors (Lipinski definition) is 2. The summed E-state index contributed by atoms with van der Waals surface area (Å²) in [6, 6.07) is 0.473. The molecule has 0 aliphatic carbocycles. The lowest BCUT2D eigenvalue weighted by Crippen LogP contribution is -2.32. The van der Waals surface area contributed by atoms with Gasteiger partial charge < -0.3 is 10.2 Å². The molecule has 0 radical (unpaired) electrons. The molecular weight excluding hydrogens is 205 g/mol. The molecule has 5 heteroatoms. The number of nitrogens with zero attached hydrogens (tertiary/aromatic N) is 1. The maximum Gasteiger partial charge on any atom is 0.389 e. The monoisotopic (exact) mass is 224 g/mol. The molecule has 1 heterocycles. The fourth-order valence-corrected chi connectivity index (χ4v) is 1.86. The van der Waals surface area contributed by atoms with Crippen molar-refractivity contribution in [3.8, 4) is 0 Å². The number of likely N-dealkylation sites (tertiary alicyclic amines) is 1. The van der Waals surface area contributed by atoms with Gasteiger partial charge in [0, 0.05) is 19.0 Å². The highest BCUT2D eigenvalue weighted by Gasteiger charge is 2.26. The summed E-state index contributed by atoms with van der Waals surface area (Å²) in [4.78, 5) is 2.23. The van der Waals surface area contributed by atoms with Crippen LogP contribution in [-0.2, 0) is 0 Å². The Bertz CT molecular complexity index is 182. The molecule has 1 aliphatic heterocycles. The smallest absolute Gasteiger partial charge is 0.313 e. The van der Waals surface area contributed by atoms with E-state index in [4.69, 9.17) is 0 Å². The number of unbranched alkanes of at least 4 members (excludes halogenated alkanes) is 1. The van der Waals surface area contributed by atoms with Crippen molar-refractivity contribution in [3.63, 3.8) is 0 Å². The first-order chi connectivity index (χ1) is 6.97. The van der Waals surface area contributed by atoms with Crippen molar-refractivity contribution in [2.75, 3.05) is 26.7 Å². The van der Waals surface area contributed by atoms with Crippen LogP contribution in [0.2, 0.25) is 0 Å². The molecule has 1 fully saturated rings. The van der Waals surface area contributed by atoms with E-state index >= 15 is 0 Å². The van der Waals surface area contributed by atoms with E-state index in [0.717, 1.165) is 19.5 Å². The Morgan fingerprint density at radius 2 is 2.07 bits per heavy atom. The summed E-state index contributed by atoms with van der Waals surface area (Å²) in [5, 5.41) is 3.29. The average molecular weight is 224 g/mol. The van der Waals surface area contributed by atoms with Crippen LogP contribution in [0.25, 0.3) is 0 Å². The summed E-state index contributed by atoms with van der Waals surface area (Å²) in [6.45, 7) is 2.80. The van der Waals surface area contributed by atoms with Gasteiger partial charge in [0.1, 0.15) is 0 Å². The second-order valence-corrected chi connectivity index (χ2v) is 4.27. The molecule has 0 amide bonds. The van der Waals surface area contributed by atoms with Gasteiger partial charge in [0.05, 0.1) is 0 Å². The Morgan fingerprint density at radius 1 is 1.33 bits per heavy atom. The van der Waals surface area contributed by atoms with Crippen molar-refractivity contribution < 1.29 is 13.2 Å². The van der Waals surface area contributed by atoms with Crippen LogP contribution in [0.15, 0.2) is 0 Å². The Labute approximate surface area is 88.8 Å². The van der Waals surface area contributed by atoms with E-state index in [2.05, 4.69) is 17.3 Å². The van der Waals surface area contributed by atoms with Crippen molar-refractivity contribution >= 4 is 0 Å². The molecule has 1 unspecified atom stereocenters. The Kier molecular flexibility index (Phi) is 4.86. The van der Waals surface area contributed by atoms with Gasteiger partial charge in [-0.2, -0.15) is 13.2 Å². The minimum Gasteiger partial charge on any atom is -0.313 e. The van der Waals surface area contributed by atoms with E-state index in [-0.39, 0.29) is 6.42 Å². The van der Waals surface area contributed by atoms with Crippen LogP contribution in [0.4, 0.5) is 13.2 Å². The molecular formula is C10H19F3N2. The van der Waals surface area contributed by atoms with Gasteiger partial charge in [-0.1, -0.05) is 0 Å². The van der Waals surface area contributed by atoms with Gasteiger partial charge in [-0.05, 0) is 39.4 Å². The molecule has 15 heavy (non-hydrogen) atoms. The zero-order valence-corrected chi connectivity index (χ0v) is 9.11. The first-order valence-electron chi connectivity index (χ1n) is 5.46. The molecule has 0 aromatic rings. The van der Waals surface area contributed by atoms with E-state index in [1.165, 1.54) is 0 Å². The van der Waals surface area contributed by atoms with E-state index in [1.54, 1.807) is 0 Å². The standard InChI is InChI=1S/C10H19F3N2/c1-15-7-4-9(8-15)14-6-3-2-5-10(11,12)13/h9,14H,2-8H2,1H3. The van der Waals surface area contributed by atoms with Crippen LogP contribution >= 0.6 is 0 Å². The summed E-state index contributed by atoms with van der Waals surface area (Å²) in [7, 11) is 2.06. The second-order valence-electron chi connectivity index (χ2n) is 4.27. The topological polar surface area (TPSA) is 15.3 Å². The molecule has 1 aliphatic rings. The first kappa shape index (κ1) is 12.8. The summed E-state index contributed by atoms with van der Waals surface area (Å²) in [5.41, 5.74) is 0. The van der Waals surface area contributed by atoms with Crippen LogP contribution < -0.4 is 5.32 Å². The Balaban J connectivity index is 1.93. The van der Waals surface area contributed by atoms with Crippen molar-refractivity contribution in [3.05, 3.63) is 0 Å². The molecule has 0 aromatic carbocycles. The van der Waals surface area contributed by atoms with Gasteiger partial charge in [-0.3, -0.25) is 0 Å². The second kappa shape index (κ2) is 5.70. The van der Waals surface area contributed by atoms with Crippen molar-refractivity contribution in [2.24, 2.45) is 0 Å². The molecule has 1 rings (SSSR count). The third-order valence-electron chi connectivity index (χ3n) is 2.71. The van der Waals surface area contributed by atoms with E-state index < -0.39 is 12.6 Å². The lowest BCUT2D eigenvalue weighted by molar-refractivity contribution is -0.135. The normalized spacial score (nSPS) is 23.6. The maximum absolute atomic E-state index is 11.8. The number of nitrogens with one attached hydrogen (secondary N) is 1. The maximum atomic E-state index is 11.8. The van der Waals surface area contributed by atoms with Crippen LogP contribution in [0.3, 0.4) is 0 Å². The molecule has 2 nitrogen and oxygen atoms in total. The zero-order valence-electron chi connectivity index (χ0n) is 9.11. The number of likely N-dealkylation sites (N-methyl/N-ethyl adjacent to an activating group) is 1. The van der Waals surface area contributed by atoms with Gasteiger partial charge >= 0.3 is 6.18 Å². The van der Waals surface area contributed by atoms with Crippen LogP contribution in [0, 0.1) is 0 Å². The quantitative estimate of drug-likeness (QED) is 0.719. The van der Waals surface area contributed by atoms with Crippen molar-refractivity contribution in [2.45, 2.75) is 37.9 Å². The number of halogens is 3. The minimum atomic E-state index is -3.99. The summed E-state index contributed by atoms with van der Waals surface area (Å²) in [5.74, 6) is 0. The lowest BCUT2D eigenvalue weighted by Gasteiger charge is -2.12. The molecule has 0 spiro atoms. The highest BCUT2D eigenvalue weighted by Crippen LogP contribution is 2.21. The highest BCUT2D eigenvalue weighted by atomic mass is 19.4. The predicted molar refractivity (Wildman–Crippen MR) is 53.8 cm³/mol. The molecule has 1 saturated heterocycles. The van der Waals surface area contributed by atoms with Crippen LogP contribution in [-0.4, -0.2) is 43.8 Å². The fraction of sp³-hybridized carbons (Fsp3) is 1.00. The van der Waals surface area contributed by atoms with Crippen molar-refractivity contribution in [1.82, 2.24) is 10.2 Å². The third-order valence-corrected chi connectivity index (χ3v) is 2.71. The molecule has 0 aromatic heterocycles. The zero-order chi connectivity index (χ0) is 11.3. The van der Waals surface area contributed by atoms with Crippen molar-refractivity contribution in [1.29, 1.82) is 0 Å². The molecule has 0 bridgehead atoms. The highest BCUT2D eigenvalue weighted by molar-refractivity contribution is 4.78. The third kappa shape index (κ3) is 5.99. The lowest BCUT2D eigenvalue weighted by atomic mass is 10.2. The van der Waals surface area contributed by atoms with Gasteiger partial charge in [-0.15, -0.1) is 0 Å². The Hall–Kier alpha value is -0.290. The summed E-state index contributed by atoms with van der Waals surface area (Å²) >= 11 is 0. The van der Waals surface area contributed by atoms with Gasteiger partial charge in [0.25, 0.3) is 0 Å². The van der Waals surface area contributed by atoms with Gasteiger partial charge in [0.15, 0.2) is 0 Å². The van der Waals surface area contributed by atoms with Crippen LogP contribution in [0.1, 0.15) is 25.7 Å². The van der Waals surface area contributed by atoms with Crippen LogP contribution in [0.5, 0.6) is 0 Å². The number of rotatable bonds is 5. The number of hydrogen-bond donors (Lipinski definition) is 1. The van der Waals surface area contributed by atoms with E-state index in [9.17, 15) is 13.2 Å².